The molecule has 1 atom stereocenters. The number of nitrogens with one attached hydrogen (secondary N) is 2. The van der Waals surface area contributed by atoms with Gasteiger partial charge in [-0.05, 0) is 19.4 Å². The van der Waals surface area contributed by atoms with Crippen LogP contribution in [0.5, 0.6) is 0 Å². The average Bonchev–Trinajstić information content (AvgIpc) is 2.45. The lowest BCUT2D eigenvalue weighted by Crippen LogP contribution is -2.58. The van der Waals surface area contributed by atoms with Gasteiger partial charge in [0.05, 0.1) is 7.11 Å². The highest BCUT2D eigenvalue weighted by Crippen LogP contribution is 2.08. The molecule has 0 fully saturated rings. The molecule has 0 saturated carbocycles. The number of methoxy groups -OCH3 is 1. The minimum atomic E-state index is -1.12. The number of hydrogen-bond acceptors (Lipinski definition) is 4. The van der Waals surface area contributed by atoms with Gasteiger partial charge in [0.2, 0.25) is 11.8 Å². The predicted octanol–water partition coefficient (Wildman–Crippen LogP) is 0.802. The summed E-state index contributed by atoms with van der Waals surface area (Å²) >= 11 is 0. The van der Waals surface area contributed by atoms with E-state index in [1.807, 2.05) is 30.3 Å². The molecule has 0 aliphatic heterocycles. The van der Waals surface area contributed by atoms with Gasteiger partial charge in [0.25, 0.3) is 0 Å². The van der Waals surface area contributed by atoms with Gasteiger partial charge < -0.3 is 15.4 Å². The number of rotatable bonds is 6. The third-order valence-electron chi connectivity index (χ3n) is 3.13. The van der Waals surface area contributed by atoms with Crippen molar-refractivity contribution in [2.24, 2.45) is 0 Å². The molecule has 120 valence electrons. The summed E-state index contributed by atoms with van der Waals surface area (Å²) in [4.78, 5) is 35.3. The Morgan fingerprint density at radius 3 is 2.27 bits per heavy atom. The third kappa shape index (κ3) is 5.20. The van der Waals surface area contributed by atoms with Crippen LogP contribution in [0.15, 0.2) is 30.3 Å². The van der Waals surface area contributed by atoms with Gasteiger partial charge in [-0.25, -0.2) is 4.79 Å². The molecule has 0 radical (unpaired) electrons. The molecule has 2 N–H and O–H groups in total. The van der Waals surface area contributed by atoms with Crippen molar-refractivity contribution in [3.05, 3.63) is 35.9 Å². The molecule has 0 unspecified atom stereocenters. The zero-order valence-corrected chi connectivity index (χ0v) is 13.3. The third-order valence-corrected chi connectivity index (χ3v) is 3.13. The van der Waals surface area contributed by atoms with Gasteiger partial charge in [0.1, 0.15) is 11.6 Å². The van der Waals surface area contributed by atoms with Gasteiger partial charge in [-0.15, -0.1) is 0 Å². The van der Waals surface area contributed by atoms with Crippen molar-refractivity contribution < 1.29 is 19.1 Å². The van der Waals surface area contributed by atoms with E-state index in [0.29, 0.717) is 6.42 Å². The zero-order valence-electron chi connectivity index (χ0n) is 13.3. The molecule has 0 spiro atoms. The smallest absolute Gasteiger partial charge is 0.328 e. The normalized spacial score (nSPS) is 12.2. The maximum atomic E-state index is 12.3. The summed E-state index contributed by atoms with van der Waals surface area (Å²) in [6.45, 7) is 4.47. The Hall–Kier alpha value is -2.37. The number of esters is 1. The molecule has 0 aliphatic carbocycles. The van der Waals surface area contributed by atoms with E-state index in [4.69, 9.17) is 4.74 Å². The number of amides is 2. The van der Waals surface area contributed by atoms with Gasteiger partial charge in [0.15, 0.2) is 0 Å². The van der Waals surface area contributed by atoms with Crippen molar-refractivity contribution >= 4 is 17.8 Å². The maximum absolute atomic E-state index is 12.3. The fraction of sp³-hybridized carbons (Fsp3) is 0.438. The van der Waals surface area contributed by atoms with Crippen LogP contribution in [-0.4, -0.2) is 36.5 Å². The van der Waals surface area contributed by atoms with Crippen molar-refractivity contribution in [1.29, 1.82) is 0 Å². The van der Waals surface area contributed by atoms with E-state index in [-0.39, 0.29) is 5.91 Å². The number of ether oxygens (including phenoxy) is 1. The zero-order chi connectivity index (χ0) is 16.8. The molecule has 6 heteroatoms. The molecule has 1 rings (SSSR count). The Bertz CT molecular complexity index is 540. The first-order valence-electron chi connectivity index (χ1n) is 6.97. The Morgan fingerprint density at radius 1 is 1.18 bits per heavy atom. The predicted molar refractivity (Wildman–Crippen MR) is 82.0 cm³/mol. The minimum Gasteiger partial charge on any atom is -0.467 e. The molecule has 0 heterocycles. The second-order valence-electron chi connectivity index (χ2n) is 5.55. The van der Waals surface area contributed by atoms with E-state index in [9.17, 15) is 14.4 Å². The van der Waals surface area contributed by atoms with Gasteiger partial charge >= 0.3 is 5.97 Å². The second kappa shape index (κ2) is 7.59. The van der Waals surface area contributed by atoms with Crippen LogP contribution in [0.4, 0.5) is 0 Å². The molecule has 1 aromatic rings. The number of benzene rings is 1. The first-order chi connectivity index (χ1) is 10.3. The minimum absolute atomic E-state index is 0.315. The summed E-state index contributed by atoms with van der Waals surface area (Å²) in [7, 11) is 1.27. The molecule has 1 aromatic carbocycles. The molecular weight excluding hydrogens is 284 g/mol. The highest BCUT2D eigenvalue weighted by molar-refractivity contribution is 5.93. The van der Waals surface area contributed by atoms with E-state index >= 15 is 0 Å². The summed E-state index contributed by atoms with van der Waals surface area (Å²) in [6, 6.07) is 8.49. The Labute approximate surface area is 130 Å². The Kier molecular flexibility index (Phi) is 6.10. The summed E-state index contributed by atoms with van der Waals surface area (Å²) in [6.07, 6.45) is 0.315. The van der Waals surface area contributed by atoms with Gasteiger partial charge in [0, 0.05) is 13.3 Å². The molecule has 2 amide bonds. The van der Waals surface area contributed by atoms with E-state index in [1.165, 1.54) is 14.0 Å². The summed E-state index contributed by atoms with van der Waals surface area (Å²) in [5, 5.41) is 5.18. The molecule has 0 aromatic heterocycles. The average molecular weight is 306 g/mol. The molecule has 6 nitrogen and oxygen atoms in total. The lowest BCUT2D eigenvalue weighted by Gasteiger charge is -2.27. The fourth-order valence-corrected chi connectivity index (χ4v) is 2.02. The molecule has 0 aliphatic rings. The standard InChI is InChI=1S/C16H22N2O4/c1-11(19)18-16(2,3)15(21)17-13(14(20)22-4)10-12-8-6-5-7-9-12/h5-9,13H,10H2,1-4H3,(H,17,21)(H,18,19)/t13-/m0/s1. The lowest BCUT2D eigenvalue weighted by molar-refractivity contribution is -0.145. The highest BCUT2D eigenvalue weighted by atomic mass is 16.5. The van der Waals surface area contributed by atoms with Crippen molar-refractivity contribution in [3.8, 4) is 0 Å². The van der Waals surface area contributed by atoms with Crippen LogP contribution in [0.3, 0.4) is 0 Å². The number of carbonyl (C=O) groups excluding carboxylic acids is 3. The highest BCUT2D eigenvalue weighted by Gasteiger charge is 2.32. The molecule has 22 heavy (non-hydrogen) atoms. The van der Waals surface area contributed by atoms with Crippen LogP contribution < -0.4 is 10.6 Å². The summed E-state index contributed by atoms with van der Waals surface area (Å²) in [5.41, 5.74) is -0.218. The summed E-state index contributed by atoms with van der Waals surface area (Å²) in [5.74, 6) is -1.30. The Morgan fingerprint density at radius 2 is 1.77 bits per heavy atom. The van der Waals surface area contributed by atoms with Gasteiger partial charge in [-0.2, -0.15) is 0 Å². The monoisotopic (exact) mass is 306 g/mol. The van der Waals surface area contributed by atoms with Crippen LogP contribution in [-0.2, 0) is 25.5 Å². The van der Waals surface area contributed by atoms with Crippen LogP contribution >= 0.6 is 0 Å². The number of hydrogen-bond donors (Lipinski definition) is 2. The maximum Gasteiger partial charge on any atom is 0.328 e. The largest absolute Gasteiger partial charge is 0.467 e. The first-order valence-corrected chi connectivity index (χ1v) is 6.97. The van der Waals surface area contributed by atoms with E-state index in [0.717, 1.165) is 5.56 Å². The molecule has 0 bridgehead atoms. The van der Waals surface area contributed by atoms with Gasteiger partial charge in [-0.3, -0.25) is 9.59 Å². The second-order valence-corrected chi connectivity index (χ2v) is 5.55. The first kappa shape index (κ1) is 17.7. The SMILES string of the molecule is COC(=O)[C@H](Cc1ccccc1)NC(=O)C(C)(C)NC(C)=O. The van der Waals surface area contributed by atoms with Crippen molar-refractivity contribution in [1.82, 2.24) is 10.6 Å². The quantitative estimate of drug-likeness (QED) is 0.761. The van der Waals surface area contributed by atoms with E-state index in [1.54, 1.807) is 13.8 Å². The summed E-state index contributed by atoms with van der Waals surface area (Å²) < 4.78 is 4.74. The topological polar surface area (TPSA) is 84.5 Å². The van der Waals surface area contributed by atoms with E-state index < -0.39 is 23.5 Å². The fourth-order valence-electron chi connectivity index (χ4n) is 2.02. The van der Waals surface area contributed by atoms with Gasteiger partial charge in [-0.1, -0.05) is 30.3 Å². The molecular formula is C16H22N2O4. The Balaban J connectivity index is 2.83. The lowest BCUT2D eigenvalue weighted by atomic mass is 10.0. The molecule has 0 saturated heterocycles. The van der Waals surface area contributed by atoms with Crippen molar-refractivity contribution in [3.63, 3.8) is 0 Å². The van der Waals surface area contributed by atoms with Crippen molar-refractivity contribution in [2.75, 3.05) is 7.11 Å². The number of carbonyl (C=O) groups is 3. The van der Waals surface area contributed by atoms with Crippen molar-refractivity contribution in [2.45, 2.75) is 38.8 Å². The van der Waals surface area contributed by atoms with Crippen LogP contribution in [0, 0.1) is 0 Å². The van der Waals surface area contributed by atoms with E-state index in [2.05, 4.69) is 10.6 Å². The van der Waals surface area contributed by atoms with Crippen LogP contribution in [0.25, 0.3) is 0 Å². The van der Waals surface area contributed by atoms with Crippen LogP contribution in [0.1, 0.15) is 26.3 Å². The van der Waals surface area contributed by atoms with Crippen LogP contribution in [0.2, 0.25) is 0 Å².